The van der Waals surface area contributed by atoms with Gasteiger partial charge in [-0.15, -0.1) is 0 Å². The second-order valence-corrected chi connectivity index (χ2v) is 10.2. The van der Waals surface area contributed by atoms with Gasteiger partial charge in [-0.05, 0) is 70.6 Å². The van der Waals surface area contributed by atoms with Gasteiger partial charge >= 0.3 is 0 Å². The van der Waals surface area contributed by atoms with Gasteiger partial charge in [0.1, 0.15) is 17.1 Å². The number of rotatable bonds is 5. The SMILES string of the molecule is Cc1ccc(F)c2cc(C(=O)N[C@@H]3CCC[C@H](N4CCC(N(C)C(=O)C(C)(C)O)C4)C3)[nH]c12. The van der Waals surface area contributed by atoms with Crippen LogP contribution < -0.4 is 5.32 Å². The smallest absolute Gasteiger partial charge is 0.267 e. The summed E-state index contributed by atoms with van der Waals surface area (Å²) in [4.78, 5) is 32.5. The van der Waals surface area contributed by atoms with Crippen LogP contribution in [-0.4, -0.2) is 75.6 Å². The number of carbonyl (C=O) groups is 2. The maximum absolute atomic E-state index is 14.1. The summed E-state index contributed by atoms with van der Waals surface area (Å²) in [6.07, 6.45) is 4.75. The van der Waals surface area contributed by atoms with E-state index >= 15 is 0 Å². The number of aliphatic hydroxyl groups is 1. The van der Waals surface area contributed by atoms with E-state index in [1.54, 1.807) is 24.1 Å². The second-order valence-electron chi connectivity index (χ2n) is 10.2. The van der Waals surface area contributed by atoms with Crippen molar-refractivity contribution in [2.75, 3.05) is 20.1 Å². The number of benzene rings is 1. The first kappa shape index (κ1) is 23.7. The number of likely N-dealkylation sites (N-methyl/N-ethyl adjacent to an activating group) is 1. The van der Waals surface area contributed by atoms with E-state index in [1.165, 1.54) is 19.9 Å². The summed E-state index contributed by atoms with van der Waals surface area (Å²) in [7, 11) is 1.77. The van der Waals surface area contributed by atoms with Gasteiger partial charge in [0, 0.05) is 43.6 Å². The maximum atomic E-state index is 14.1. The van der Waals surface area contributed by atoms with Crippen molar-refractivity contribution >= 4 is 22.7 Å². The molecule has 2 fully saturated rings. The van der Waals surface area contributed by atoms with Crippen LogP contribution in [0.4, 0.5) is 4.39 Å². The molecule has 1 saturated heterocycles. The van der Waals surface area contributed by atoms with Crippen molar-refractivity contribution in [2.24, 2.45) is 0 Å². The number of H-pyrrole nitrogens is 1. The minimum atomic E-state index is -1.37. The monoisotopic (exact) mass is 458 g/mol. The number of amides is 2. The molecule has 4 rings (SSSR count). The van der Waals surface area contributed by atoms with Gasteiger partial charge in [-0.1, -0.05) is 6.07 Å². The lowest BCUT2D eigenvalue weighted by atomic mass is 9.90. The average molecular weight is 459 g/mol. The van der Waals surface area contributed by atoms with Crippen LogP contribution in [0.2, 0.25) is 0 Å². The average Bonchev–Trinajstić information content (AvgIpc) is 3.43. The first-order valence-electron chi connectivity index (χ1n) is 11.9. The van der Waals surface area contributed by atoms with Gasteiger partial charge in [-0.3, -0.25) is 14.5 Å². The van der Waals surface area contributed by atoms with E-state index < -0.39 is 5.60 Å². The fourth-order valence-electron chi connectivity index (χ4n) is 5.35. The molecule has 33 heavy (non-hydrogen) atoms. The van der Waals surface area contributed by atoms with Crippen molar-refractivity contribution in [1.82, 2.24) is 20.1 Å². The third-order valence-corrected chi connectivity index (χ3v) is 7.28. The van der Waals surface area contributed by atoms with Crippen LogP contribution in [0.25, 0.3) is 10.9 Å². The highest BCUT2D eigenvalue weighted by Crippen LogP contribution is 2.29. The van der Waals surface area contributed by atoms with Gasteiger partial charge in [-0.25, -0.2) is 4.39 Å². The lowest BCUT2D eigenvalue weighted by molar-refractivity contribution is -0.148. The quantitative estimate of drug-likeness (QED) is 0.643. The van der Waals surface area contributed by atoms with Crippen molar-refractivity contribution in [3.63, 3.8) is 0 Å². The predicted octanol–water partition coefficient (Wildman–Crippen LogP) is 2.96. The summed E-state index contributed by atoms with van der Waals surface area (Å²) >= 11 is 0. The molecule has 180 valence electrons. The number of aryl methyl sites for hydroxylation is 1. The summed E-state index contributed by atoms with van der Waals surface area (Å²) in [5.41, 5.74) is 0.578. The Bertz CT molecular complexity index is 1010. The number of nitrogens with zero attached hydrogens (tertiary/aromatic N) is 2. The van der Waals surface area contributed by atoms with Crippen molar-refractivity contribution in [1.29, 1.82) is 0 Å². The van der Waals surface area contributed by atoms with Crippen LogP contribution >= 0.6 is 0 Å². The first-order valence-corrected chi connectivity index (χ1v) is 11.9. The Kier molecular flexibility index (Phi) is 6.51. The fraction of sp³-hybridized carbons (Fsp3) is 0.600. The van der Waals surface area contributed by atoms with E-state index in [0.29, 0.717) is 22.6 Å². The molecule has 7 nitrogen and oxygen atoms in total. The van der Waals surface area contributed by atoms with Crippen LogP contribution in [0.1, 0.15) is 62.0 Å². The molecule has 0 bridgehead atoms. The van der Waals surface area contributed by atoms with Gasteiger partial charge in [0.25, 0.3) is 11.8 Å². The van der Waals surface area contributed by atoms with E-state index in [4.69, 9.17) is 0 Å². The number of hydrogen-bond donors (Lipinski definition) is 3. The molecule has 3 atom stereocenters. The third-order valence-electron chi connectivity index (χ3n) is 7.28. The Hall–Kier alpha value is -2.45. The van der Waals surface area contributed by atoms with Crippen molar-refractivity contribution in [3.05, 3.63) is 35.3 Å². The zero-order valence-electron chi connectivity index (χ0n) is 19.9. The highest BCUT2D eigenvalue weighted by atomic mass is 19.1. The minimum Gasteiger partial charge on any atom is -0.381 e. The van der Waals surface area contributed by atoms with Crippen LogP contribution in [-0.2, 0) is 4.79 Å². The van der Waals surface area contributed by atoms with Crippen LogP contribution in [0.5, 0.6) is 0 Å². The van der Waals surface area contributed by atoms with E-state index in [1.807, 2.05) is 6.92 Å². The maximum Gasteiger partial charge on any atom is 0.267 e. The Morgan fingerprint density at radius 2 is 2.03 bits per heavy atom. The van der Waals surface area contributed by atoms with Gasteiger partial charge in [0.2, 0.25) is 0 Å². The van der Waals surface area contributed by atoms with Crippen molar-refractivity contribution < 1.29 is 19.1 Å². The highest BCUT2D eigenvalue weighted by molar-refractivity contribution is 5.99. The van der Waals surface area contributed by atoms with Crippen molar-refractivity contribution in [2.45, 2.75) is 76.6 Å². The summed E-state index contributed by atoms with van der Waals surface area (Å²) in [6.45, 7) is 6.62. The van der Waals surface area contributed by atoms with Crippen LogP contribution in [0, 0.1) is 12.7 Å². The normalized spacial score (nSPS) is 24.2. The number of likely N-dealkylation sites (tertiary alicyclic amines) is 1. The Labute approximate surface area is 194 Å². The number of carbonyl (C=O) groups excluding carboxylic acids is 2. The van der Waals surface area contributed by atoms with E-state index in [9.17, 15) is 19.1 Å². The predicted molar refractivity (Wildman–Crippen MR) is 126 cm³/mol. The molecule has 1 unspecified atom stereocenters. The van der Waals surface area contributed by atoms with Crippen LogP contribution in [0.3, 0.4) is 0 Å². The largest absolute Gasteiger partial charge is 0.381 e. The van der Waals surface area contributed by atoms with Gasteiger partial charge < -0.3 is 20.3 Å². The fourth-order valence-corrected chi connectivity index (χ4v) is 5.35. The molecule has 2 heterocycles. The number of halogens is 1. The lowest BCUT2D eigenvalue weighted by Crippen LogP contribution is -2.50. The molecule has 0 radical (unpaired) electrons. The standard InChI is InChI=1S/C25H35FN4O3/c1-15-8-9-20(26)19-13-21(28-22(15)19)23(31)27-16-6-5-7-17(12-16)30-11-10-18(14-30)29(4)24(32)25(2,3)33/h8-9,13,16-18,28,33H,5-7,10-12,14H2,1-4H3,(H,27,31)/t16-,17+,18?/m1/s1. The molecule has 1 aliphatic heterocycles. The molecule has 3 N–H and O–H groups in total. The zero-order valence-corrected chi connectivity index (χ0v) is 19.9. The molecule has 1 aromatic heterocycles. The molecule has 8 heteroatoms. The van der Waals surface area contributed by atoms with Gasteiger partial charge in [0.15, 0.2) is 0 Å². The van der Waals surface area contributed by atoms with E-state index in [2.05, 4.69) is 15.2 Å². The van der Waals surface area contributed by atoms with Crippen LogP contribution in [0.15, 0.2) is 18.2 Å². The molecule has 1 aliphatic carbocycles. The molecule has 2 aromatic rings. The molecule has 2 aliphatic rings. The number of fused-ring (bicyclic) bond motifs is 1. The molecule has 2 amide bonds. The summed E-state index contributed by atoms with van der Waals surface area (Å²) in [5.74, 6) is -0.793. The van der Waals surface area contributed by atoms with Gasteiger partial charge in [0.05, 0.1) is 5.52 Å². The third kappa shape index (κ3) is 4.92. The number of nitrogens with one attached hydrogen (secondary N) is 2. The van der Waals surface area contributed by atoms with E-state index in [-0.39, 0.29) is 29.7 Å². The molecule has 0 spiro atoms. The number of hydrogen-bond acceptors (Lipinski definition) is 4. The lowest BCUT2D eigenvalue weighted by Gasteiger charge is -2.36. The van der Waals surface area contributed by atoms with E-state index in [0.717, 1.165) is 50.8 Å². The number of aromatic amines is 1. The van der Waals surface area contributed by atoms with Gasteiger partial charge in [-0.2, -0.15) is 0 Å². The Balaban J connectivity index is 1.36. The summed E-state index contributed by atoms with van der Waals surface area (Å²) in [5, 5.41) is 13.6. The summed E-state index contributed by atoms with van der Waals surface area (Å²) < 4.78 is 14.1. The molecule has 1 aromatic carbocycles. The molecular formula is C25H35FN4O3. The Morgan fingerprint density at radius 3 is 2.73 bits per heavy atom. The topological polar surface area (TPSA) is 88.7 Å². The first-order chi connectivity index (χ1) is 15.5. The minimum absolute atomic E-state index is 0.0587. The highest BCUT2D eigenvalue weighted by Gasteiger charge is 2.37. The summed E-state index contributed by atoms with van der Waals surface area (Å²) in [6, 6.07) is 5.22. The molecule has 1 saturated carbocycles. The zero-order chi connectivity index (χ0) is 23.9. The van der Waals surface area contributed by atoms with Crippen molar-refractivity contribution in [3.8, 4) is 0 Å². The Morgan fingerprint density at radius 1 is 1.27 bits per heavy atom. The second kappa shape index (κ2) is 9.06. The molecular weight excluding hydrogens is 423 g/mol. The number of aromatic nitrogens is 1.